The highest BCUT2D eigenvalue weighted by Crippen LogP contribution is 2.27. The maximum Gasteiger partial charge on any atom is 0.273 e. The summed E-state index contributed by atoms with van der Waals surface area (Å²) in [6, 6.07) is 6.56. The molecule has 1 aromatic heterocycles. The van der Waals surface area contributed by atoms with Crippen molar-refractivity contribution in [3.05, 3.63) is 41.2 Å². The van der Waals surface area contributed by atoms with E-state index in [-0.39, 0.29) is 17.8 Å². The number of thiazole rings is 1. The molecule has 0 aliphatic carbocycles. The normalized spacial score (nSPS) is 19.6. The topological polar surface area (TPSA) is 59.2 Å². The van der Waals surface area contributed by atoms with Gasteiger partial charge in [0.05, 0.1) is 0 Å². The summed E-state index contributed by atoms with van der Waals surface area (Å²) in [7, 11) is 0. The van der Waals surface area contributed by atoms with Gasteiger partial charge in [0.25, 0.3) is 5.91 Å². The van der Waals surface area contributed by atoms with Crippen molar-refractivity contribution in [3.8, 4) is 10.6 Å². The molecule has 6 heteroatoms. The van der Waals surface area contributed by atoms with Crippen LogP contribution in [0.3, 0.4) is 0 Å². The number of halogens is 1. The summed E-state index contributed by atoms with van der Waals surface area (Å²) in [6.45, 7) is 3.38. The lowest BCUT2D eigenvalue weighted by Crippen LogP contribution is -2.45. The molecule has 23 heavy (non-hydrogen) atoms. The Morgan fingerprint density at radius 3 is 3.00 bits per heavy atom. The number of nitrogens with two attached hydrogens (primary N) is 1. The van der Waals surface area contributed by atoms with Gasteiger partial charge in [0.1, 0.15) is 16.5 Å². The van der Waals surface area contributed by atoms with Gasteiger partial charge in [-0.05, 0) is 37.8 Å². The molecule has 1 amide bonds. The largest absolute Gasteiger partial charge is 0.337 e. The van der Waals surface area contributed by atoms with Crippen LogP contribution in [-0.4, -0.2) is 34.9 Å². The van der Waals surface area contributed by atoms with E-state index in [9.17, 15) is 9.18 Å². The van der Waals surface area contributed by atoms with Crippen LogP contribution in [0.25, 0.3) is 10.6 Å². The molecule has 1 fully saturated rings. The van der Waals surface area contributed by atoms with Gasteiger partial charge in [-0.2, -0.15) is 0 Å². The molecule has 1 saturated heterocycles. The number of hydrogen-bond acceptors (Lipinski definition) is 4. The van der Waals surface area contributed by atoms with Crippen LogP contribution in [0.4, 0.5) is 4.39 Å². The molecule has 4 nitrogen and oxygen atoms in total. The van der Waals surface area contributed by atoms with Crippen LogP contribution >= 0.6 is 11.3 Å². The van der Waals surface area contributed by atoms with E-state index in [2.05, 4.69) is 4.98 Å². The van der Waals surface area contributed by atoms with Gasteiger partial charge >= 0.3 is 0 Å². The van der Waals surface area contributed by atoms with E-state index in [1.165, 1.54) is 17.4 Å². The third kappa shape index (κ3) is 3.43. The van der Waals surface area contributed by atoms with Crippen LogP contribution < -0.4 is 5.73 Å². The summed E-state index contributed by atoms with van der Waals surface area (Å²) in [6.07, 6.45) is 2.02. The van der Waals surface area contributed by atoms with Gasteiger partial charge in [-0.1, -0.05) is 12.1 Å². The van der Waals surface area contributed by atoms with E-state index < -0.39 is 0 Å². The highest BCUT2D eigenvalue weighted by molar-refractivity contribution is 7.13. The number of rotatable bonds is 3. The molecule has 0 spiro atoms. The Morgan fingerprint density at radius 2 is 2.26 bits per heavy atom. The predicted octanol–water partition coefficient (Wildman–Crippen LogP) is 3.15. The molecule has 2 atom stereocenters. The molecule has 2 unspecified atom stereocenters. The van der Waals surface area contributed by atoms with Crippen LogP contribution in [0.15, 0.2) is 29.6 Å². The van der Waals surface area contributed by atoms with E-state index in [1.807, 2.05) is 11.8 Å². The zero-order valence-electron chi connectivity index (χ0n) is 13.0. The lowest BCUT2D eigenvalue weighted by atomic mass is 9.92. The summed E-state index contributed by atoms with van der Waals surface area (Å²) in [5.41, 5.74) is 6.79. The van der Waals surface area contributed by atoms with E-state index in [1.54, 1.807) is 23.6 Å². The molecule has 2 N–H and O–H groups in total. The first kappa shape index (κ1) is 16.1. The number of piperidine rings is 1. The second-order valence-corrected chi connectivity index (χ2v) is 6.89. The Kier molecular flexibility index (Phi) is 4.73. The Labute approximate surface area is 139 Å². The molecular weight excluding hydrogens is 313 g/mol. The first-order chi connectivity index (χ1) is 11.1. The van der Waals surface area contributed by atoms with Crippen LogP contribution in [0.5, 0.6) is 0 Å². The number of amides is 1. The number of benzene rings is 1. The van der Waals surface area contributed by atoms with Gasteiger partial charge in [0, 0.05) is 30.1 Å². The van der Waals surface area contributed by atoms with Gasteiger partial charge in [0.15, 0.2) is 0 Å². The van der Waals surface area contributed by atoms with Crippen LogP contribution in [0.1, 0.15) is 30.3 Å². The van der Waals surface area contributed by atoms with Crippen molar-refractivity contribution in [2.75, 3.05) is 13.1 Å². The first-order valence-electron chi connectivity index (χ1n) is 7.81. The van der Waals surface area contributed by atoms with Gasteiger partial charge in [-0.15, -0.1) is 11.3 Å². The lowest BCUT2D eigenvalue weighted by molar-refractivity contribution is 0.0656. The van der Waals surface area contributed by atoms with Crippen molar-refractivity contribution in [2.45, 2.75) is 25.8 Å². The van der Waals surface area contributed by atoms with Gasteiger partial charge < -0.3 is 10.6 Å². The van der Waals surface area contributed by atoms with Crippen molar-refractivity contribution < 1.29 is 9.18 Å². The third-order valence-electron chi connectivity index (χ3n) is 4.32. The van der Waals surface area contributed by atoms with Gasteiger partial charge in [0.2, 0.25) is 0 Å². The minimum Gasteiger partial charge on any atom is -0.337 e. The molecule has 0 radical (unpaired) electrons. The molecule has 3 rings (SSSR count). The molecular formula is C17H20FN3OS. The summed E-state index contributed by atoms with van der Waals surface area (Å²) >= 11 is 1.29. The minimum atomic E-state index is -0.323. The average Bonchev–Trinajstić information content (AvgIpc) is 3.04. The fourth-order valence-electron chi connectivity index (χ4n) is 2.92. The van der Waals surface area contributed by atoms with Gasteiger partial charge in [-0.25, -0.2) is 9.37 Å². The molecule has 1 aliphatic heterocycles. The lowest BCUT2D eigenvalue weighted by Gasteiger charge is -2.34. The van der Waals surface area contributed by atoms with Crippen molar-refractivity contribution in [1.29, 1.82) is 0 Å². The highest BCUT2D eigenvalue weighted by Gasteiger charge is 2.27. The Hall–Kier alpha value is -1.79. The zero-order chi connectivity index (χ0) is 16.4. The summed E-state index contributed by atoms with van der Waals surface area (Å²) < 4.78 is 13.8. The van der Waals surface area contributed by atoms with Crippen LogP contribution in [0.2, 0.25) is 0 Å². The minimum absolute atomic E-state index is 0.0787. The first-order valence-corrected chi connectivity index (χ1v) is 8.69. The highest BCUT2D eigenvalue weighted by atomic mass is 32.1. The quantitative estimate of drug-likeness (QED) is 0.939. The average molecular weight is 333 g/mol. The van der Waals surface area contributed by atoms with E-state index in [0.29, 0.717) is 28.7 Å². The number of aromatic nitrogens is 1. The number of hydrogen-bond donors (Lipinski definition) is 1. The SMILES string of the molecule is CC(N)C1CCCN(C(=O)c2csc(-c3ccccc3F)n2)C1. The predicted molar refractivity (Wildman–Crippen MR) is 89.8 cm³/mol. The maximum absolute atomic E-state index is 13.8. The fourth-order valence-corrected chi connectivity index (χ4v) is 3.74. The molecule has 1 aliphatic rings. The van der Waals surface area contributed by atoms with Crippen LogP contribution in [0, 0.1) is 11.7 Å². The second kappa shape index (κ2) is 6.76. The van der Waals surface area contributed by atoms with Crippen molar-refractivity contribution in [3.63, 3.8) is 0 Å². The zero-order valence-corrected chi connectivity index (χ0v) is 13.9. The summed E-state index contributed by atoms with van der Waals surface area (Å²) in [5.74, 6) is -0.0811. The van der Waals surface area contributed by atoms with Crippen molar-refractivity contribution in [2.24, 2.45) is 11.7 Å². The molecule has 0 saturated carbocycles. The molecule has 2 aromatic rings. The Morgan fingerprint density at radius 1 is 1.48 bits per heavy atom. The van der Waals surface area contributed by atoms with E-state index in [0.717, 1.165) is 19.4 Å². The Bertz CT molecular complexity index is 701. The number of carbonyl (C=O) groups excluding carboxylic acids is 1. The second-order valence-electron chi connectivity index (χ2n) is 6.03. The van der Waals surface area contributed by atoms with Gasteiger partial charge in [-0.3, -0.25) is 4.79 Å². The smallest absolute Gasteiger partial charge is 0.273 e. The van der Waals surface area contributed by atoms with E-state index in [4.69, 9.17) is 5.73 Å². The third-order valence-corrected chi connectivity index (χ3v) is 5.19. The molecule has 122 valence electrons. The van der Waals surface area contributed by atoms with Crippen LogP contribution in [-0.2, 0) is 0 Å². The number of nitrogens with zero attached hydrogens (tertiary/aromatic N) is 2. The fraction of sp³-hybridized carbons (Fsp3) is 0.412. The Balaban J connectivity index is 1.78. The number of carbonyl (C=O) groups is 1. The summed E-state index contributed by atoms with van der Waals surface area (Å²) in [4.78, 5) is 18.8. The maximum atomic E-state index is 13.8. The molecule has 0 bridgehead atoms. The van der Waals surface area contributed by atoms with Crippen molar-refractivity contribution >= 4 is 17.2 Å². The standard InChI is InChI=1S/C17H20FN3OS/c1-11(19)12-5-4-8-21(9-12)17(22)15-10-23-16(20-15)13-6-2-3-7-14(13)18/h2-3,6-7,10-12H,4-5,8-9,19H2,1H3. The van der Waals surface area contributed by atoms with Crippen molar-refractivity contribution in [1.82, 2.24) is 9.88 Å². The monoisotopic (exact) mass is 333 g/mol. The van der Waals surface area contributed by atoms with E-state index >= 15 is 0 Å². The molecule has 2 heterocycles. The molecule has 1 aromatic carbocycles. The summed E-state index contributed by atoms with van der Waals surface area (Å²) in [5, 5.41) is 2.24. The number of likely N-dealkylation sites (tertiary alicyclic amines) is 1.